The molecule has 8 heteroatoms. The molecule has 0 bridgehead atoms. The van der Waals surface area contributed by atoms with Crippen molar-refractivity contribution in [2.45, 2.75) is 25.7 Å². The standard InChI is InChI=1S/C24H28N4O3S/c1-4-31-21-7-5-20(6-8-21)23-16-24(26-17-25-23)27-9-11-28(12-10-27)32(29,30)22-14-18(2)13-19(3)15-22/h5-8,13-17H,4,9-12H2,1-3H3. The number of anilines is 1. The quantitative estimate of drug-likeness (QED) is 0.568. The molecule has 0 atom stereocenters. The third-order valence-corrected chi connectivity index (χ3v) is 7.39. The number of sulfonamides is 1. The van der Waals surface area contributed by atoms with E-state index in [0.717, 1.165) is 34.0 Å². The van der Waals surface area contributed by atoms with Crippen LogP contribution in [0.2, 0.25) is 0 Å². The Balaban J connectivity index is 1.47. The summed E-state index contributed by atoms with van der Waals surface area (Å²) in [6.07, 6.45) is 1.56. The second-order valence-electron chi connectivity index (χ2n) is 7.93. The minimum atomic E-state index is -3.51. The molecule has 0 aliphatic carbocycles. The van der Waals surface area contributed by atoms with Gasteiger partial charge in [-0.25, -0.2) is 18.4 Å². The van der Waals surface area contributed by atoms with E-state index in [0.29, 0.717) is 37.7 Å². The molecule has 2 heterocycles. The van der Waals surface area contributed by atoms with Gasteiger partial charge in [0.15, 0.2) is 0 Å². The zero-order valence-corrected chi connectivity index (χ0v) is 19.5. The van der Waals surface area contributed by atoms with Crippen molar-refractivity contribution in [2.75, 3.05) is 37.7 Å². The maximum Gasteiger partial charge on any atom is 0.243 e. The van der Waals surface area contributed by atoms with Crippen LogP contribution in [0, 0.1) is 13.8 Å². The Hall–Kier alpha value is -2.97. The van der Waals surface area contributed by atoms with Crippen molar-refractivity contribution in [1.29, 1.82) is 0 Å². The minimum absolute atomic E-state index is 0.364. The molecule has 1 aliphatic heterocycles. The van der Waals surface area contributed by atoms with Gasteiger partial charge < -0.3 is 9.64 Å². The molecule has 0 saturated carbocycles. The summed E-state index contributed by atoms with van der Waals surface area (Å²) in [7, 11) is -3.51. The Kier molecular flexibility index (Phi) is 6.43. The number of piperazine rings is 1. The molecule has 32 heavy (non-hydrogen) atoms. The fourth-order valence-electron chi connectivity index (χ4n) is 3.95. The van der Waals surface area contributed by atoms with E-state index in [-0.39, 0.29) is 0 Å². The fraction of sp³-hybridized carbons (Fsp3) is 0.333. The lowest BCUT2D eigenvalue weighted by molar-refractivity contribution is 0.340. The van der Waals surface area contributed by atoms with Gasteiger partial charge in [0.2, 0.25) is 10.0 Å². The van der Waals surface area contributed by atoms with Crippen LogP contribution in [0.1, 0.15) is 18.1 Å². The minimum Gasteiger partial charge on any atom is -0.494 e. The van der Waals surface area contributed by atoms with Crippen LogP contribution in [0.25, 0.3) is 11.3 Å². The van der Waals surface area contributed by atoms with E-state index in [1.165, 1.54) is 0 Å². The van der Waals surface area contributed by atoms with Crippen molar-refractivity contribution in [3.8, 4) is 17.0 Å². The SMILES string of the molecule is CCOc1ccc(-c2cc(N3CCN(S(=O)(=O)c4cc(C)cc(C)c4)CC3)ncn2)cc1. The Bertz CT molecular complexity index is 1170. The molecule has 0 amide bonds. The lowest BCUT2D eigenvalue weighted by Gasteiger charge is -2.34. The lowest BCUT2D eigenvalue weighted by Crippen LogP contribution is -2.49. The molecule has 1 aliphatic rings. The van der Waals surface area contributed by atoms with Crippen LogP contribution in [0.15, 0.2) is 59.8 Å². The first-order valence-corrected chi connectivity index (χ1v) is 12.2. The maximum atomic E-state index is 13.1. The summed E-state index contributed by atoms with van der Waals surface area (Å²) in [5, 5.41) is 0. The van der Waals surface area contributed by atoms with E-state index in [1.807, 2.05) is 57.2 Å². The van der Waals surface area contributed by atoms with Crippen LogP contribution < -0.4 is 9.64 Å². The van der Waals surface area contributed by atoms with Crippen molar-refractivity contribution < 1.29 is 13.2 Å². The van der Waals surface area contributed by atoms with Crippen molar-refractivity contribution >= 4 is 15.8 Å². The van der Waals surface area contributed by atoms with Crippen LogP contribution >= 0.6 is 0 Å². The van der Waals surface area contributed by atoms with Crippen LogP contribution in [0.3, 0.4) is 0 Å². The smallest absolute Gasteiger partial charge is 0.243 e. The van der Waals surface area contributed by atoms with E-state index in [9.17, 15) is 8.42 Å². The highest BCUT2D eigenvalue weighted by Gasteiger charge is 2.29. The van der Waals surface area contributed by atoms with E-state index >= 15 is 0 Å². The zero-order chi connectivity index (χ0) is 22.7. The molecule has 0 radical (unpaired) electrons. The maximum absolute atomic E-state index is 13.1. The molecule has 1 aromatic heterocycles. The first kappa shape index (κ1) is 22.2. The molecule has 7 nitrogen and oxygen atoms in total. The summed E-state index contributed by atoms with van der Waals surface area (Å²) in [6, 6.07) is 15.2. The number of aryl methyl sites for hydroxylation is 2. The van der Waals surface area contributed by atoms with Gasteiger partial charge in [-0.3, -0.25) is 0 Å². The number of ether oxygens (including phenoxy) is 1. The second kappa shape index (κ2) is 9.26. The number of hydrogen-bond donors (Lipinski definition) is 0. The second-order valence-corrected chi connectivity index (χ2v) is 9.87. The van der Waals surface area contributed by atoms with Crippen LogP contribution in [-0.2, 0) is 10.0 Å². The monoisotopic (exact) mass is 452 g/mol. The normalized spacial score (nSPS) is 15.0. The molecule has 0 unspecified atom stereocenters. The Morgan fingerprint density at radius 2 is 1.56 bits per heavy atom. The Labute approximate surface area is 189 Å². The Morgan fingerprint density at radius 3 is 2.19 bits per heavy atom. The van der Waals surface area contributed by atoms with E-state index < -0.39 is 10.0 Å². The summed E-state index contributed by atoms with van der Waals surface area (Å²) in [6.45, 7) is 8.39. The van der Waals surface area contributed by atoms with Crippen molar-refractivity contribution in [3.63, 3.8) is 0 Å². The van der Waals surface area contributed by atoms with Gasteiger partial charge in [0.1, 0.15) is 17.9 Å². The highest BCUT2D eigenvalue weighted by atomic mass is 32.2. The molecule has 0 spiro atoms. The summed E-state index contributed by atoms with van der Waals surface area (Å²) in [5.41, 5.74) is 3.70. The van der Waals surface area contributed by atoms with Gasteiger partial charge >= 0.3 is 0 Å². The lowest BCUT2D eigenvalue weighted by atomic mass is 10.1. The first-order chi connectivity index (χ1) is 15.4. The molecule has 1 fully saturated rings. The number of rotatable bonds is 6. The molecule has 4 rings (SSSR count). The number of nitrogens with zero attached hydrogens (tertiary/aromatic N) is 4. The van der Waals surface area contributed by atoms with Crippen LogP contribution in [-0.4, -0.2) is 55.5 Å². The first-order valence-electron chi connectivity index (χ1n) is 10.8. The molecule has 1 saturated heterocycles. The molecule has 2 aromatic carbocycles. The van der Waals surface area contributed by atoms with Gasteiger partial charge in [-0.2, -0.15) is 4.31 Å². The van der Waals surface area contributed by atoms with E-state index in [2.05, 4.69) is 14.9 Å². The fourth-order valence-corrected chi connectivity index (χ4v) is 5.57. The van der Waals surface area contributed by atoms with Crippen LogP contribution in [0.4, 0.5) is 5.82 Å². The molecule has 3 aromatic rings. The zero-order valence-electron chi connectivity index (χ0n) is 18.7. The summed E-state index contributed by atoms with van der Waals surface area (Å²) in [4.78, 5) is 11.3. The highest BCUT2D eigenvalue weighted by molar-refractivity contribution is 7.89. The van der Waals surface area contributed by atoms with Gasteiger partial charge in [-0.15, -0.1) is 0 Å². The third kappa shape index (κ3) is 4.76. The number of benzene rings is 2. The van der Waals surface area contributed by atoms with Gasteiger partial charge in [0, 0.05) is 37.8 Å². The number of hydrogen-bond acceptors (Lipinski definition) is 6. The van der Waals surface area contributed by atoms with Gasteiger partial charge in [-0.05, 0) is 68.3 Å². The molecule has 0 N–H and O–H groups in total. The topological polar surface area (TPSA) is 75.6 Å². The molecular weight excluding hydrogens is 424 g/mol. The number of aromatic nitrogens is 2. The molecule has 168 valence electrons. The predicted molar refractivity (Wildman–Crippen MR) is 126 cm³/mol. The third-order valence-electron chi connectivity index (χ3n) is 5.51. The van der Waals surface area contributed by atoms with Gasteiger partial charge in [0.25, 0.3) is 0 Å². The van der Waals surface area contributed by atoms with Crippen molar-refractivity contribution in [2.24, 2.45) is 0 Å². The largest absolute Gasteiger partial charge is 0.494 e. The van der Waals surface area contributed by atoms with Gasteiger partial charge in [-0.1, -0.05) is 6.07 Å². The Morgan fingerprint density at radius 1 is 0.906 bits per heavy atom. The summed E-state index contributed by atoms with van der Waals surface area (Å²) < 4.78 is 33.3. The van der Waals surface area contributed by atoms with Crippen LogP contribution in [0.5, 0.6) is 5.75 Å². The van der Waals surface area contributed by atoms with E-state index in [1.54, 1.807) is 22.8 Å². The van der Waals surface area contributed by atoms with Gasteiger partial charge in [0.05, 0.1) is 17.2 Å². The summed E-state index contributed by atoms with van der Waals surface area (Å²) >= 11 is 0. The van der Waals surface area contributed by atoms with Crippen molar-refractivity contribution in [1.82, 2.24) is 14.3 Å². The predicted octanol–water partition coefficient (Wildman–Crippen LogP) is 3.67. The highest BCUT2D eigenvalue weighted by Crippen LogP contribution is 2.25. The van der Waals surface area contributed by atoms with E-state index in [4.69, 9.17) is 4.74 Å². The van der Waals surface area contributed by atoms with Crippen molar-refractivity contribution in [3.05, 3.63) is 66.0 Å². The average Bonchev–Trinajstić information content (AvgIpc) is 2.79. The summed E-state index contributed by atoms with van der Waals surface area (Å²) in [5.74, 6) is 1.62. The average molecular weight is 453 g/mol. The molecular formula is C24H28N4O3S.